The van der Waals surface area contributed by atoms with Gasteiger partial charge in [-0.15, -0.1) is 0 Å². The number of aromatic nitrogens is 4. The van der Waals surface area contributed by atoms with Crippen LogP contribution < -0.4 is 20.5 Å². The number of nitrogens with zero attached hydrogens (tertiary/aromatic N) is 4. The minimum Gasteiger partial charge on any atom is -0.497 e. The Bertz CT molecular complexity index is 1870. The summed E-state index contributed by atoms with van der Waals surface area (Å²) in [5.41, 5.74) is 10.0. The van der Waals surface area contributed by atoms with E-state index in [-0.39, 0.29) is 0 Å². The van der Waals surface area contributed by atoms with E-state index in [1.807, 2.05) is 88.3 Å². The van der Waals surface area contributed by atoms with Gasteiger partial charge in [0, 0.05) is 56.8 Å². The molecule has 2 heterocycles. The van der Waals surface area contributed by atoms with E-state index in [2.05, 4.69) is 37.3 Å². The molecule has 0 saturated carbocycles. The van der Waals surface area contributed by atoms with Crippen LogP contribution in [-0.2, 0) is 25.0 Å². The van der Waals surface area contributed by atoms with Crippen LogP contribution in [0.2, 0.25) is 20.1 Å². The maximum absolute atomic E-state index is 6.06. The maximum atomic E-state index is 6.06. The molecule has 13 heteroatoms. The Morgan fingerprint density at radius 1 is 0.653 bits per heavy atom. The van der Waals surface area contributed by atoms with E-state index in [4.69, 9.17) is 61.6 Å². The smallest absolute Gasteiger partial charge is 0.203 e. The third kappa shape index (κ3) is 12.5. The Hall–Kier alpha value is -3.86. The molecule has 0 unspecified atom stereocenters. The predicted molar refractivity (Wildman–Crippen MR) is 206 cm³/mol. The predicted octanol–water partition coefficient (Wildman–Crippen LogP) is 10.3. The van der Waals surface area contributed by atoms with E-state index in [1.165, 1.54) is 5.56 Å². The number of hydrogen-bond acceptors (Lipinski definition) is 6. The number of nitrogen functional groups attached to an aromatic ring is 1. The second kappa shape index (κ2) is 19.4. The van der Waals surface area contributed by atoms with Crippen LogP contribution in [-0.4, -0.2) is 33.3 Å². The highest BCUT2D eigenvalue weighted by atomic mass is 79.9. The summed E-state index contributed by atoms with van der Waals surface area (Å²) in [6.07, 6.45) is 7.15. The van der Waals surface area contributed by atoms with Crippen molar-refractivity contribution >= 4 is 74.2 Å². The SMILES string of the molecule is COc1cccc(CBr)c1.COc1cccc(CNc2nccn2Cc2cc(Cl)cc(Cl)c2)c1.Nc1nccn1Cc1cc(Cl)cc(Cl)c1. The summed E-state index contributed by atoms with van der Waals surface area (Å²) in [7, 11) is 3.34. The lowest BCUT2D eigenvalue weighted by atomic mass is 10.2. The standard InChI is InChI=1S/C18H17Cl2N3O.C10H9Cl2N3.C8H9BrO/c1-24-17-4-2-3-13(9-17)11-22-18-21-5-6-23(18)12-14-7-15(19)10-16(20)8-14;11-8-3-7(4-9(12)5-8)6-15-2-1-14-10(15)13;1-10-8-4-2-3-7(5-8)6-9/h2-10H,11-12H2,1H3,(H,21,22);1-5H,6H2,(H2,13,14);2-5H,6H2,1H3. The van der Waals surface area contributed by atoms with Crippen molar-refractivity contribution < 1.29 is 9.47 Å². The molecule has 0 atom stereocenters. The highest BCUT2D eigenvalue weighted by Gasteiger charge is 2.06. The van der Waals surface area contributed by atoms with Gasteiger partial charge in [0.05, 0.1) is 27.3 Å². The zero-order chi connectivity index (χ0) is 35.2. The highest BCUT2D eigenvalue weighted by molar-refractivity contribution is 9.08. The summed E-state index contributed by atoms with van der Waals surface area (Å²) in [4.78, 5) is 8.30. The quantitative estimate of drug-likeness (QED) is 0.134. The number of alkyl halides is 1. The largest absolute Gasteiger partial charge is 0.497 e. The monoisotopic (exact) mass is 802 g/mol. The summed E-state index contributed by atoms with van der Waals surface area (Å²) in [5, 5.41) is 6.72. The fourth-order valence-electron chi connectivity index (χ4n) is 4.60. The average molecular weight is 805 g/mol. The fraction of sp³-hybridized carbons (Fsp3) is 0.167. The van der Waals surface area contributed by atoms with Crippen LogP contribution in [0.1, 0.15) is 22.3 Å². The molecule has 4 aromatic carbocycles. The minimum absolute atomic E-state index is 0.478. The normalized spacial score (nSPS) is 10.3. The molecule has 0 bridgehead atoms. The van der Waals surface area contributed by atoms with Gasteiger partial charge in [-0.05, 0) is 82.9 Å². The second-order valence-corrected chi connectivity index (χ2v) is 12.8. The summed E-state index contributed by atoms with van der Waals surface area (Å²) in [5.74, 6) is 3.02. The molecule has 0 saturated heterocycles. The van der Waals surface area contributed by atoms with Crippen molar-refractivity contribution in [2.75, 3.05) is 25.3 Å². The number of anilines is 2. The molecular weight excluding hydrogens is 770 g/mol. The molecule has 0 aliphatic carbocycles. The van der Waals surface area contributed by atoms with Gasteiger partial charge in [-0.25, -0.2) is 9.97 Å². The number of rotatable bonds is 10. The first kappa shape index (κ1) is 38.0. The van der Waals surface area contributed by atoms with Crippen molar-refractivity contribution in [2.45, 2.75) is 25.0 Å². The summed E-state index contributed by atoms with van der Waals surface area (Å²) < 4.78 is 14.1. The number of nitrogens with one attached hydrogen (secondary N) is 1. The van der Waals surface area contributed by atoms with Crippen LogP contribution in [0.15, 0.2) is 110 Å². The molecule has 0 radical (unpaired) electrons. The van der Waals surface area contributed by atoms with Gasteiger partial charge in [0.25, 0.3) is 0 Å². The molecular formula is C36H35BrCl4N6O2. The Morgan fingerprint density at radius 2 is 1.14 bits per heavy atom. The summed E-state index contributed by atoms with van der Waals surface area (Å²) in [6, 6.07) is 26.8. The number of imidazole rings is 2. The number of nitrogens with two attached hydrogens (primary N) is 1. The zero-order valence-electron chi connectivity index (χ0n) is 26.8. The van der Waals surface area contributed by atoms with Gasteiger partial charge < -0.3 is 29.7 Å². The van der Waals surface area contributed by atoms with Gasteiger partial charge in [-0.1, -0.05) is 86.6 Å². The Kier molecular flexibility index (Phi) is 15.0. The van der Waals surface area contributed by atoms with Gasteiger partial charge in [0.2, 0.25) is 5.95 Å². The van der Waals surface area contributed by atoms with Gasteiger partial charge >= 0.3 is 0 Å². The number of benzene rings is 4. The lowest BCUT2D eigenvalue weighted by Gasteiger charge is -2.11. The van der Waals surface area contributed by atoms with Crippen LogP contribution in [0.4, 0.5) is 11.9 Å². The van der Waals surface area contributed by atoms with Gasteiger partial charge in [0.15, 0.2) is 5.95 Å². The molecule has 0 amide bonds. The van der Waals surface area contributed by atoms with E-state index in [0.29, 0.717) is 45.7 Å². The van der Waals surface area contributed by atoms with Crippen LogP contribution in [0.25, 0.3) is 0 Å². The Balaban J connectivity index is 0.000000184. The van der Waals surface area contributed by atoms with E-state index < -0.39 is 0 Å². The van der Waals surface area contributed by atoms with Crippen molar-refractivity contribution in [3.63, 3.8) is 0 Å². The molecule has 3 N–H and O–H groups in total. The first-order valence-corrected chi connectivity index (χ1v) is 17.5. The van der Waals surface area contributed by atoms with Crippen molar-refractivity contribution in [3.8, 4) is 11.5 Å². The lowest BCUT2D eigenvalue weighted by Crippen LogP contribution is -2.08. The van der Waals surface area contributed by atoms with Crippen molar-refractivity contribution in [2.24, 2.45) is 0 Å². The number of ether oxygens (including phenoxy) is 2. The Morgan fingerprint density at radius 3 is 1.65 bits per heavy atom. The van der Waals surface area contributed by atoms with Crippen molar-refractivity contribution in [1.29, 1.82) is 0 Å². The third-order valence-corrected chi connectivity index (χ3v) is 8.41. The topological polar surface area (TPSA) is 92.2 Å². The van der Waals surface area contributed by atoms with Crippen LogP contribution in [0.3, 0.4) is 0 Å². The molecule has 0 aliphatic rings. The molecule has 0 fully saturated rings. The Labute approximate surface area is 314 Å². The minimum atomic E-state index is 0.478. The van der Waals surface area contributed by atoms with E-state index in [1.54, 1.807) is 38.7 Å². The highest BCUT2D eigenvalue weighted by Crippen LogP contribution is 2.22. The molecule has 6 rings (SSSR count). The maximum Gasteiger partial charge on any atom is 0.203 e. The number of methoxy groups -OCH3 is 2. The van der Waals surface area contributed by atoms with E-state index >= 15 is 0 Å². The summed E-state index contributed by atoms with van der Waals surface area (Å²) >= 11 is 27.3. The summed E-state index contributed by atoms with van der Waals surface area (Å²) in [6.45, 7) is 1.91. The second-order valence-electron chi connectivity index (χ2n) is 10.5. The molecule has 256 valence electrons. The van der Waals surface area contributed by atoms with Gasteiger partial charge in [-0.3, -0.25) is 0 Å². The zero-order valence-corrected chi connectivity index (χ0v) is 31.4. The van der Waals surface area contributed by atoms with E-state index in [0.717, 1.165) is 39.5 Å². The van der Waals surface area contributed by atoms with Gasteiger partial charge in [0.1, 0.15) is 11.5 Å². The van der Waals surface area contributed by atoms with Gasteiger partial charge in [-0.2, -0.15) is 0 Å². The lowest BCUT2D eigenvalue weighted by molar-refractivity contribution is 0.414. The van der Waals surface area contributed by atoms with Crippen LogP contribution in [0.5, 0.6) is 11.5 Å². The first-order chi connectivity index (χ1) is 23.6. The molecule has 0 spiro atoms. The van der Waals surface area contributed by atoms with Crippen molar-refractivity contribution in [1.82, 2.24) is 19.1 Å². The number of hydrogen-bond donors (Lipinski definition) is 2. The van der Waals surface area contributed by atoms with E-state index in [9.17, 15) is 0 Å². The average Bonchev–Trinajstić information content (AvgIpc) is 3.71. The van der Waals surface area contributed by atoms with Crippen molar-refractivity contribution in [3.05, 3.63) is 152 Å². The molecule has 8 nitrogen and oxygen atoms in total. The van der Waals surface area contributed by atoms with Crippen LogP contribution >= 0.6 is 62.3 Å². The number of halogens is 5. The molecule has 49 heavy (non-hydrogen) atoms. The molecule has 6 aromatic rings. The van der Waals surface area contributed by atoms with Crippen LogP contribution in [0, 0.1) is 0 Å². The fourth-order valence-corrected chi connectivity index (χ4v) is 6.09. The molecule has 2 aromatic heterocycles. The third-order valence-electron chi connectivity index (χ3n) is 6.89. The molecule has 0 aliphatic heterocycles. The first-order valence-electron chi connectivity index (χ1n) is 14.9.